The summed E-state index contributed by atoms with van der Waals surface area (Å²) in [4.78, 5) is 14.9. The van der Waals surface area contributed by atoms with Crippen LogP contribution in [0.4, 0.5) is 0 Å². The number of nitrogens with one attached hydrogen (secondary N) is 2. The van der Waals surface area contributed by atoms with E-state index >= 15 is 0 Å². The number of thioether (sulfide) groups is 1. The molecule has 2 aromatic heterocycles. The van der Waals surface area contributed by atoms with Gasteiger partial charge in [0.1, 0.15) is 0 Å². The highest BCUT2D eigenvalue weighted by atomic mass is 32.2. The lowest BCUT2D eigenvalue weighted by molar-refractivity contribution is -0.119. The van der Waals surface area contributed by atoms with Gasteiger partial charge in [-0.3, -0.25) is 4.79 Å². The number of H-pyrrole nitrogens is 1. The van der Waals surface area contributed by atoms with Gasteiger partial charge in [-0.05, 0) is 19.4 Å². The number of benzene rings is 1. The van der Waals surface area contributed by atoms with Gasteiger partial charge >= 0.3 is 0 Å². The van der Waals surface area contributed by atoms with Crippen molar-refractivity contribution in [2.45, 2.75) is 31.5 Å². The third-order valence-corrected chi connectivity index (χ3v) is 4.39. The van der Waals surface area contributed by atoms with E-state index in [1.165, 1.54) is 11.8 Å². The van der Waals surface area contributed by atoms with Crippen molar-refractivity contribution in [3.8, 4) is 11.5 Å². The molecule has 1 aromatic carbocycles. The molecular formula is C16H18N4O2S. The third kappa shape index (κ3) is 3.56. The van der Waals surface area contributed by atoms with Crippen LogP contribution in [0.2, 0.25) is 0 Å². The van der Waals surface area contributed by atoms with Crippen LogP contribution in [-0.4, -0.2) is 32.9 Å². The Hall–Kier alpha value is -2.28. The Balaban J connectivity index is 1.68. The normalized spacial score (nSPS) is 12.4. The summed E-state index contributed by atoms with van der Waals surface area (Å²) in [7, 11) is 0. The van der Waals surface area contributed by atoms with Crippen LogP contribution in [-0.2, 0) is 4.79 Å². The molecule has 0 aliphatic heterocycles. The Bertz CT molecular complexity index is 811. The van der Waals surface area contributed by atoms with Gasteiger partial charge in [-0.2, -0.15) is 0 Å². The fourth-order valence-electron chi connectivity index (χ4n) is 2.17. The average molecular weight is 330 g/mol. The van der Waals surface area contributed by atoms with E-state index in [2.05, 4.69) is 20.5 Å². The van der Waals surface area contributed by atoms with Crippen molar-refractivity contribution in [3.05, 3.63) is 30.5 Å². The number of amides is 1. The lowest BCUT2D eigenvalue weighted by atomic mass is 10.2. The minimum absolute atomic E-state index is 0.0313. The van der Waals surface area contributed by atoms with Gasteiger partial charge in [0.15, 0.2) is 0 Å². The second kappa shape index (κ2) is 6.87. The molecule has 3 aromatic rings. The van der Waals surface area contributed by atoms with E-state index < -0.39 is 0 Å². The molecule has 2 N–H and O–H groups in total. The van der Waals surface area contributed by atoms with Crippen LogP contribution in [0.3, 0.4) is 0 Å². The number of nitrogens with zero attached hydrogens (tertiary/aromatic N) is 2. The minimum atomic E-state index is -0.0313. The molecule has 0 radical (unpaired) electrons. The summed E-state index contributed by atoms with van der Waals surface area (Å²) in [6.07, 6.45) is 2.75. The second-order valence-corrected chi connectivity index (χ2v) is 6.21. The summed E-state index contributed by atoms with van der Waals surface area (Å²) in [5.41, 5.74) is 1.88. The first-order valence-corrected chi connectivity index (χ1v) is 8.48. The summed E-state index contributed by atoms with van der Waals surface area (Å²) in [5.74, 6) is 0.684. The summed E-state index contributed by atoms with van der Waals surface area (Å²) in [5, 5.41) is 12.4. The Morgan fingerprint density at radius 1 is 1.39 bits per heavy atom. The van der Waals surface area contributed by atoms with E-state index in [4.69, 9.17) is 4.42 Å². The summed E-state index contributed by atoms with van der Waals surface area (Å²) < 4.78 is 5.66. The first kappa shape index (κ1) is 15.6. The number of hydrogen-bond acceptors (Lipinski definition) is 5. The molecule has 6 nitrogen and oxygen atoms in total. The van der Waals surface area contributed by atoms with Crippen molar-refractivity contribution >= 4 is 28.6 Å². The summed E-state index contributed by atoms with van der Waals surface area (Å²) in [6, 6.07) is 8.09. The zero-order valence-electron chi connectivity index (χ0n) is 13.0. The first-order chi connectivity index (χ1) is 11.2. The fourth-order valence-corrected chi connectivity index (χ4v) is 2.75. The second-order valence-electron chi connectivity index (χ2n) is 5.29. The topological polar surface area (TPSA) is 83.8 Å². The maximum atomic E-state index is 11.8. The van der Waals surface area contributed by atoms with Gasteiger partial charge in [-0.25, -0.2) is 0 Å². The van der Waals surface area contributed by atoms with Gasteiger partial charge in [-0.15, -0.1) is 10.2 Å². The Morgan fingerprint density at radius 2 is 2.22 bits per heavy atom. The van der Waals surface area contributed by atoms with E-state index in [9.17, 15) is 4.79 Å². The predicted molar refractivity (Wildman–Crippen MR) is 90.2 cm³/mol. The first-order valence-electron chi connectivity index (χ1n) is 7.49. The van der Waals surface area contributed by atoms with Gasteiger partial charge < -0.3 is 14.7 Å². The van der Waals surface area contributed by atoms with Crippen LogP contribution in [0.5, 0.6) is 0 Å². The molecule has 0 fully saturated rings. The zero-order chi connectivity index (χ0) is 16.2. The quantitative estimate of drug-likeness (QED) is 0.678. The fraction of sp³-hybridized carbons (Fsp3) is 0.312. The minimum Gasteiger partial charge on any atom is -0.411 e. The van der Waals surface area contributed by atoms with E-state index in [-0.39, 0.29) is 17.7 Å². The zero-order valence-corrected chi connectivity index (χ0v) is 13.8. The monoisotopic (exact) mass is 330 g/mol. The number of fused-ring (bicyclic) bond motifs is 1. The molecular weight excluding hydrogens is 312 g/mol. The highest BCUT2D eigenvalue weighted by molar-refractivity contribution is 7.99. The Morgan fingerprint density at radius 3 is 3.04 bits per heavy atom. The average Bonchev–Trinajstić information content (AvgIpc) is 3.19. The number of carbonyl (C=O) groups excluding carboxylic acids is 1. The predicted octanol–water partition coefficient (Wildman–Crippen LogP) is 3.22. The molecule has 0 saturated carbocycles. The molecule has 2 heterocycles. The highest BCUT2D eigenvalue weighted by Gasteiger charge is 2.14. The van der Waals surface area contributed by atoms with E-state index in [0.717, 1.165) is 22.9 Å². The van der Waals surface area contributed by atoms with Crippen LogP contribution in [0.25, 0.3) is 22.4 Å². The molecule has 3 rings (SSSR count). The lowest BCUT2D eigenvalue weighted by Crippen LogP contribution is -2.33. The van der Waals surface area contributed by atoms with Gasteiger partial charge in [-0.1, -0.05) is 36.9 Å². The summed E-state index contributed by atoms with van der Waals surface area (Å²) in [6.45, 7) is 4.01. The highest BCUT2D eigenvalue weighted by Crippen LogP contribution is 2.29. The van der Waals surface area contributed by atoms with Crippen LogP contribution < -0.4 is 5.32 Å². The van der Waals surface area contributed by atoms with E-state index in [1.807, 2.05) is 44.3 Å². The van der Waals surface area contributed by atoms with Crippen LogP contribution in [0, 0.1) is 0 Å². The molecule has 1 amide bonds. The van der Waals surface area contributed by atoms with Crippen molar-refractivity contribution < 1.29 is 9.21 Å². The largest absolute Gasteiger partial charge is 0.411 e. The molecule has 1 atom stereocenters. The maximum Gasteiger partial charge on any atom is 0.277 e. The third-order valence-electron chi connectivity index (χ3n) is 3.57. The van der Waals surface area contributed by atoms with E-state index in [1.54, 1.807) is 0 Å². The molecule has 23 heavy (non-hydrogen) atoms. The van der Waals surface area contributed by atoms with Crippen molar-refractivity contribution in [2.24, 2.45) is 0 Å². The number of hydrogen-bond donors (Lipinski definition) is 2. The Labute approximate surface area is 138 Å². The number of rotatable bonds is 6. The number of para-hydroxylation sites is 1. The van der Waals surface area contributed by atoms with Crippen LogP contribution in [0.1, 0.15) is 20.3 Å². The van der Waals surface area contributed by atoms with Gasteiger partial charge in [0.25, 0.3) is 11.1 Å². The smallest absolute Gasteiger partial charge is 0.277 e. The molecule has 0 bridgehead atoms. The van der Waals surface area contributed by atoms with Gasteiger partial charge in [0.05, 0.1) is 11.3 Å². The molecule has 7 heteroatoms. The standard InChI is InChI=1S/C16H18N4O2S/c1-3-10(2)18-14(21)9-23-16-20-19-15(22-16)12-8-17-13-7-5-4-6-11(12)13/h4-8,10,17H,3,9H2,1-2H3,(H,18,21)/t10-/m1/s1. The van der Waals surface area contributed by atoms with Crippen molar-refractivity contribution in [1.82, 2.24) is 20.5 Å². The van der Waals surface area contributed by atoms with E-state index in [0.29, 0.717) is 11.1 Å². The molecule has 0 saturated heterocycles. The molecule has 0 spiro atoms. The van der Waals surface area contributed by atoms with Crippen molar-refractivity contribution in [3.63, 3.8) is 0 Å². The molecule has 0 aliphatic carbocycles. The lowest BCUT2D eigenvalue weighted by Gasteiger charge is -2.09. The Kier molecular flexibility index (Phi) is 4.66. The van der Waals surface area contributed by atoms with Gasteiger partial charge in [0.2, 0.25) is 5.91 Å². The molecule has 0 unspecified atom stereocenters. The van der Waals surface area contributed by atoms with Crippen molar-refractivity contribution in [2.75, 3.05) is 5.75 Å². The maximum absolute atomic E-state index is 11.8. The van der Waals surface area contributed by atoms with Crippen LogP contribution >= 0.6 is 11.8 Å². The van der Waals surface area contributed by atoms with Gasteiger partial charge in [0, 0.05) is 23.1 Å². The summed E-state index contributed by atoms with van der Waals surface area (Å²) >= 11 is 1.24. The SMILES string of the molecule is CC[C@@H](C)NC(=O)CSc1nnc(-c2c[nH]c3ccccc23)o1. The molecule has 120 valence electrons. The number of aromatic amines is 1. The number of aromatic nitrogens is 3. The van der Waals surface area contributed by atoms with Crippen molar-refractivity contribution in [1.29, 1.82) is 0 Å². The van der Waals surface area contributed by atoms with Crippen LogP contribution in [0.15, 0.2) is 40.1 Å². The molecule has 0 aliphatic rings. The number of carbonyl (C=O) groups is 1.